The molecule has 8 bridgehead atoms. The average Bonchev–Trinajstić information content (AvgIpc) is 3.95. The smallest absolute Gasteiger partial charge is 0.311 e. The van der Waals surface area contributed by atoms with E-state index in [4.69, 9.17) is 18.9 Å². The molecule has 20 atom stereocenters. The zero-order valence-electron chi connectivity index (χ0n) is 31.6. The fourth-order valence-electron chi connectivity index (χ4n) is 15.0. The number of esters is 4. The van der Waals surface area contributed by atoms with Gasteiger partial charge in [0.25, 0.3) is 0 Å². The van der Waals surface area contributed by atoms with Crippen molar-refractivity contribution in [2.45, 2.75) is 99.2 Å². The highest BCUT2D eigenvalue weighted by Crippen LogP contribution is 2.74. The van der Waals surface area contributed by atoms with E-state index < -0.39 is 10.8 Å². The number of fused-ring (bicyclic) bond motifs is 24. The molecule has 2 saturated heterocycles. The van der Waals surface area contributed by atoms with Crippen LogP contribution in [0.25, 0.3) is 0 Å². The lowest BCUT2D eigenvalue weighted by atomic mass is 9.61. The average molecular weight is 709 g/mol. The first-order valence-electron chi connectivity index (χ1n) is 20.6. The van der Waals surface area contributed by atoms with Crippen LogP contribution in [0.5, 0.6) is 0 Å². The highest BCUT2D eigenvalue weighted by atomic mass is 16.6. The van der Waals surface area contributed by atoms with E-state index in [9.17, 15) is 24.3 Å². The fourth-order valence-corrected chi connectivity index (χ4v) is 15.0. The molecule has 9 nitrogen and oxygen atoms in total. The summed E-state index contributed by atoms with van der Waals surface area (Å²) >= 11 is 0. The maximum absolute atomic E-state index is 12.7. The van der Waals surface area contributed by atoms with Gasteiger partial charge in [-0.15, -0.1) is 0 Å². The Kier molecular flexibility index (Phi) is 7.92. The molecule has 10 aliphatic rings. The Morgan fingerprint density at radius 3 is 1.53 bits per heavy atom. The van der Waals surface area contributed by atoms with Crippen LogP contribution >= 0.6 is 0 Å². The summed E-state index contributed by atoms with van der Waals surface area (Å²) in [5, 5.41) is 10.1. The SMILES string of the molecule is CCC(C)(C)C(=O)OC1C(C)C2CC1C1C3CC(C4COC(=O)C43)C21.CCC(C)(C)C(=O)OC1C(CO)C2CC1C1C3CC(C4COC(=O)C43)C21. The van der Waals surface area contributed by atoms with E-state index in [1.54, 1.807) is 0 Å². The number of hydrogen-bond donors (Lipinski definition) is 1. The molecule has 8 aliphatic carbocycles. The molecule has 282 valence electrons. The number of cyclic esters (lactones) is 2. The molecule has 0 amide bonds. The number of hydrogen-bond acceptors (Lipinski definition) is 9. The summed E-state index contributed by atoms with van der Waals surface area (Å²) in [6, 6.07) is 0. The molecular weight excluding hydrogens is 648 g/mol. The van der Waals surface area contributed by atoms with Crippen molar-refractivity contribution in [2.75, 3.05) is 19.8 Å². The molecular formula is C42H60O9. The first kappa shape index (κ1) is 34.6. The van der Waals surface area contributed by atoms with Crippen molar-refractivity contribution < 1.29 is 43.2 Å². The zero-order chi connectivity index (χ0) is 36.0. The van der Waals surface area contributed by atoms with E-state index >= 15 is 0 Å². The summed E-state index contributed by atoms with van der Waals surface area (Å²) in [5.41, 5.74) is -0.897. The van der Waals surface area contributed by atoms with Crippen LogP contribution in [0, 0.1) is 117 Å². The predicted molar refractivity (Wildman–Crippen MR) is 184 cm³/mol. The van der Waals surface area contributed by atoms with Gasteiger partial charge in [-0.2, -0.15) is 0 Å². The Morgan fingerprint density at radius 2 is 1.04 bits per heavy atom. The zero-order valence-corrected chi connectivity index (χ0v) is 31.6. The van der Waals surface area contributed by atoms with Gasteiger partial charge in [0, 0.05) is 30.3 Å². The molecule has 9 heteroatoms. The van der Waals surface area contributed by atoms with Crippen molar-refractivity contribution in [1.82, 2.24) is 0 Å². The first-order valence-corrected chi connectivity index (χ1v) is 20.6. The van der Waals surface area contributed by atoms with Gasteiger partial charge < -0.3 is 24.1 Å². The number of ether oxygens (including phenoxy) is 4. The molecule has 2 heterocycles. The van der Waals surface area contributed by atoms with E-state index in [0.29, 0.717) is 96.1 Å². The maximum Gasteiger partial charge on any atom is 0.311 e. The highest BCUT2D eigenvalue weighted by Gasteiger charge is 2.74. The predicted octanol–water partition coefficient (Wildman–Crippen LogP) is 5.56. The van der Waals surface area contributed by atoms with Gasteiger partial charge >= 0.3 is 23.9 Å². The Balaban J connectivity index is 0.000000137. The Morgan fingerprint density at radius 1 is 0.627 bits per heavy atom. The molecule has 0 aromatic heterocycles. The molecule has 0 aromatic rings. The van der Waals surface area contributed by atoms with E-state index in [1.165, 1.54) is 12.8 Å². The van der Waals surface area contributed by atoms with Crippen molar-refractivity contribution in [1.29, 1.82) is 0 Å². The van der Waals surface area contributed by atoms with Crippen LogP contribution in [-0.2, 0) is 38.1 Å². The largest absolute Gasteiger partial charge is 0.465 e. The van der Waals surface area contributed by atoms with E-state index in [-0.39, 0.29) is 60.4 Å². The fraction of sp³-hybridized carbons (Fsp3) is 0.905. The van der Waals surface area contributed by atoms with Crippen LogP contribution < -0.4 is 0 Å². The van der Waals surface area contributed by atoms with Gasteiger partial charge in [-0.25, -0.2) is 0 Å². The number of carbonyl (C=O) groups is 4. The summed E-state index contributed by atoms with van der Waals surface area (Å²) in [6.45, 7) is 15.5. The Bertz CT molecular complexity index is 1490. The standard InChI is InChI=1S/C21H30O5.C21H30O4/c1-4-21(2,3)20(24)26-18-12-6-9(13(18)7-22)15-10-5-11(16(12)15)17-14(10)8-25-19(17)23;1-5-21(3,4)20(23)25-18-9(2)10-6-13(18)16-12-7-11(15(10)16)14-8-24-19(22)17(12)14/h9-18,22H,4-8H2,1-3H3;9-18H,5-8H2,1-4H3. The second-order valence-electron chi connectivity index (χ2n) is 20.1. The molecule has 0 aromatic carbocycles. The van der Waals surface area contributed by atoms with Crippen LogP contribution in [0.1, 0.15) is 87.0 Å². The minimum Gasteiger partial charge on any atom is -0.465 e. The quantitative estimate of drug-likeness (QED) is 0.206. The first-order chi connectivity index (χ1) is 24.2. The summed E-state index contributed by atoms with van der Waals surface area (Å²) in [7, 11) is 0. The van der Waals surface area contributed by atoms with Crippen molar-refractivity contribution >= 4 is 23.9 Å². The van der Waals surface area contributed by atoms with E-state index in [0.717, 1.165) is 31.6 Å². The molecule has 0 spiro atoms. The molecule has 2 aliphatic heterocycles. The Hall–Kier alpha value is -2.16. The molecule has 51 heavy (non-hydrogen) atoms. The van der Waals surface area contributed by atoms with Crippen LogP contribution in [0.4, 0.5) is 0 Å². The molecule has 10 fully saturated rings. The van der Waals surface area contributed by atoms with Crippen molar-refractivity contribution in [3.63, 3.8) is 0 Å². The molecule has 0 radical (unpaired) electrons. The van der Waals surface area contributed by atoms with Gasteiger partial charge in [0.2, 0.25) is 0 Å². The van der Waals surface area contributed by atoms with Gasteiger partial charge in [-0.05, 0) is 137 Å². The third-order valence-corrected chi connectivity index (χ3v) is 17.9. The summed E-state index contributed by atoms with van der Waals surface area (Å²) in [5.74, 6) is 7.87. The van der Waals surface area contributed by atoms with E-state index in [2.05, 4.69) is 6.92 Å². The summed E-state index contributed by atoms with van der Waals surface area (Å²) < 4.78 is 23.0. The second-order valence-corrected chi connectivity index (χ2v) is 20.1. The van der Waals surface area contributed by atoms with Gasteiger partial charge in [-0.1, -0.05) is 20.8 Å². The second kappa shape index (κ2) is 11.7. The van der Waals surface area contributed by atoms with Crippen molar-refractivity contribution in [3.8, 4) is 0 Å². The van der Waals surface area contributed by atoms with Crippen LogP contribution in [0.2, 0.25) is 0 Å². The topological polar surface area (TPSA) is 125 Å². The third kappa shape index (κ3) is 4.60. The van der Waals surface area contributed by atoms with Gasteiger partial charge in [0.1, 0.15) is 12.2 Å². The van der Waals surface area contributed by atoms with Gasteiger partial charge in [0.05, 0.1) is 35.9 Å². The van der Waals surface area contributed by atoms with Crippen LogP contribution in [-0.4, -0.2) is 61.0 Å². The van der Waals surface area contributed by atoms with Crippen LogP contribution in [0.3, 0.4) is 0 Å². The third-order valence-electron chi connectivity index (χ3n) is 17.9. The maximum atomic E-state index is 12.7. The van der Waals surface area contributed by atoms with Crippen molar-refractivity contribution in [3.05, 3.63) is 0 Å². The number of rotatable bonds is 7. The van der Waals surface area contributed by atoms with Crippen molar-refractivity contribution in [2.24, 2.45) is 117 Å². The van der Waals surface area contributed by atoms with Gasteiger partial charge in [-0.3, -0.25) is 19.2 Å². The minimum absolute atomic E-state index is 0.00286. The normalized spacial score (nSPS) is 51.5. The lowest BCUT2D eigenvalue weighted by Crippen LogP contribution is -2.49. The monoisotopic (exact) mass is 708 g/mol. The Labute approximate surface area is 303 Å². The summed E-state index contributed by atoms with van der Waals surface area (Å²) in [4.78, 5) is 49.8. The molecule has 8 saturated carbocycles. The lowest BCUT2D eigenvalue weighted by molar-refractivity contribution is -0.172. The number of aliphatic hydroxyl groups excluding tert-OH is 1. The molecule has 20 unspecified atom stereocenters. The van der Waals surface area contributed by atoms with E-state index in [1.807, 2.05) is 41.5 Å². The molecule has 1 N–H and O–H groups in total. The number of aliphatic hydroxyl groups is 1. The lowest BCUT2D eigenvalue weighted by Gasteiger charge is -2.45. The van der Waals surface area contributed by atoms with Gasteiger partial charge in [0.15, 0.2) is 0 Å². The highest BCUT2D eigenvalue weighted by molar-refractivity contribution is 5.78. The summed E-state index contributed by atoms with van der Waals surface area (Å²) in [6.07, 6.45) is 6.00. The minimum atomic E-state index is -0.490. The molecule has 10 rings (SSSR count). The number of carbonyl (C=O) groups excluding carboxylic acids is 4. The van der Waals surface area contributed by atoms with Crippen LogP contribution in [0.15, 0.2) is 0 Å².